The Labute approximate surface area is 160 Å². The van der Waals surface area contributed by atoms with E-state index in [2.05, 4.69) is 15.6 Å². The van der Waals surface area contributed by atoms with Crippen LogP contribution in [0.1, 0.15) is 26.3 Å². The summed E-state index contributed by atoms with van der Waals surface area (Å²) in [4.78, 5) is 28.7. The van der Waals surface area contributed by atoms with Crippen LogP contribution in [0.5, 0.6) is 0 Å². The molecule has 2 N–H and O–H groups in total. The molecule has 0 aliphatic carbocycles. The number of nitrogens with zero attached hydrogens (tertiary/aromatic N) is 1. The molecule has 0 saturated heterocycles. The van der Waals surface area contributed by atoms with E-state index in [1.807, 2.05) is 0 Å². The molecule has 2 aromatic carbocycles. The Morgan fingerprint density at radius 1 is 1.00 bits per heavy atom. The van der Waals surface area contributed by atoms with Crippen molar-refractivity contribution in [2.75, 3.05) is 10.6 Å². The van der Waals surface area contributed by atoms with Gasteiger partial charge in [0.25, 0.3) is 11.8 Å². The van der Waals surface area contributed by atoms with E-state index in [0.29, 0.717) is 16.9 Å². The largest absolute Gasteiger partial charge is 0.322 e. The molecule has 0 fully saturated rings. The van der Waals surface area contributed by atoms with Gasteiger partial charge < -0.3 is 10.6 Å². The minimum Gasteiger partial charge on any atom is -0.322 e. The van der Waals surface area contributed by atoms with E-state index in [1.54, 1.807) is 37.4 Å². The predicted molar refractivity (Wildman–Crippen MR) is 103 cm³/mol. The molecule has 0 aliphatic heterocycles. The molecule has 0 unspecified atom stereocenters. The fourth-order valence-corrected chi connectivity index (χ4v) is 2.69. The molecule has 1 heterocycles. The number of hydrogen-bond donors (Lipinski definition) is 2. The number of aromatic nitrogens is 1. The number of carbonyl (C=O) groups is 2. The van der Waals surface area contributed by atoms with Gasteiger partial charge in [0.05, 0.1) is 22.5 Å². The highest BCUT2D eigenvalue weighted by molar-refractivity contribution is 6.34. The second-order valence-electron chi connectivity index (χ2n) is 5.86. The van der Waals surface area contributed by atoms with Crippen molar-refractivity contribution < 1.29 is 14.0 Å². The summed E-state index contributed by atoms with van der Waals surface area (Å²) in [6.07, 6.45) is 3.09. The fourth-order valence-electron chi connectivity index (χ4n) is 2.48. The first-order valence-corrected chi connectivity index (χ1v) is 8.39. The molecule has 2 amide bonds. The van der Waals surface area contributed by atoms with Gasteiger partial charge in [-0.2, -0.15) is 0 Å². The number of nitrogens with one attached hydrogen (secondary N) is 2. The third-order valence-electron chi connectivity index (χ3n) is 3.69. The van der Waals surface area contributed by atoms with Gasteiger partial charge in [0.15, 0.2) is 0 Å². The second kappa shape index (κ2) is 7.97. The molecule has 7 heteroatoms. The average molecular weight is 384 g/mol. The minimum absolute atomic E-state index is 0.184. The lowest BCUT2D eigenvalue weighted by Crippen LogP contribution is -2.15. The number of aryl methyl sites for hydroxylation is 1. The lowest BCUT2D eigenvalue weighted by molar-refractivity contribution is 0.101. The fraction of sp³-hybridized carbons (Fsp3) is 0.0500. The van der Waals surface area contributed by atoms with Crippen molar-refractivity contribution in [3.63, 3.8) is 0 Å². The van der Waals surface area contributed by atoms with Crippen molar-refractivity contribution >= 4 is 34.8 Å². The van der Waals surface area contributed by atoms with Gasteiger partial charge in [0.1, 0.15) is 5.82 Å². The van der Waals surface area contributed by atoms with Gasteiger partial charge in [0.2, 0.25) is 0 Å². The quantitative estimate of drug-likeness (QED) is 0.686. The molecule has 136 valence electrons. The van der Waals surface area contributed by atoms with Crippen molar-refractivity contribution in [2.45, 2.75) is 6.92 Å². The maximum absolute atomic E-state index is 13.5. The van der Waals surface area contributed by atoms with Crippen LogP contribution in [0, 0.1) is 12.7 Å². The van der Waals surface area contributed by atoms with Crippen LogP contribution in [-0.4, -0.2) is 16.8 Å². The molecule has 0 saturated carbocycles. The summed E-state index contributed by atoms with van der Waals surface area (Å²) in [5.41, 5.74) is 1.89. The Balaban J connectivity index is 1.80. The van der Waals surface area contributed by atoms with Gasteiger partial charge in [0, 0.05) is 17.4 Å². The van der Waals surface area contributed by atoms with Crippen LogP contribution < -0.4 is 10.6 Å². The molecule has 0 spiro atoms. The number of halogens is 2. The van der Waals surface area contributed by atoms with Crippen LogP contribution in [0.15, 0.2) is 60.9 Å². The zero-order valence-corrected chi connectivity index (χ0v) is 15.0. The van der Waals surface area contributed by atoms with Crippen LogP contribution in [0.3, 0.4) is 0 Å². The lowest BCUT2D eigenvalue weighted by atomic mass is 10.1. The summed E-state index contributed by atoms with van der Waals surface area (Å²) in [6, 6.07) is 12.0. The van der Waals surface area contributed by atoms with Gasteiger partial charge in [-0.25, -0.2) is 4.39 Å². The second-order valence-corrected chi connectivity index (χ2v) is 6.27. The molecule has 27 heavy (non-hydrogen) atoms. The first-order valence-electron chi connectivity index (χ1n) is 8.02. The summed E-state index contributed by atoms with van der Waals surface area (Å²) < 4.78 is 13.5. The van der Waals surface area contributed by atoms with Crippen LogP contribution in [-0.2, 0) is 0 Å². The molecular formula is C20H15ClFN3O2. The first kappa shape index (κ1) is 18.5. The SMILES string of the molecule is Cc1cc(F)cc(C(=O)Nc2ccc(Cl)c(C(=O)Nc3cccnc3)c2)c1. The van der Waals surface area contributed by atoms with Crippen LogP contribution >= 0.6 is 11.6 Å². The zero-order chi connectivity index (χ0) is 19.4. The first-order chi connectivity index (χ1) is 12.9. The molecule has 0 atom stereocenters. The van der Waals surface area contributed by atoms with Gasteiger partial charge >= 0.3 is 0 Å². The van der Waals surface area contributed by atoms with Crippen molar-refractivity contribution in [1.29, 1.82) is 0 Å². The Bertz CT molecular complexity index is 989. The van der Waals surface area contributed by atoms with E-state index >= 15 is 0 Å². The highest BCUT2D eigenvalue weighted by Crippen LogP contribution is 2.22. The lowest BCUT2D eigenvalue weighted by Gasteiger charge is -2.10. The summed E-state index contributed by atoms with van der Waals surface area (Å²) in [7, 11) is 0. The van der Waals surface area contributed by atoms with E-state index in [4.69, 9.17) is 11.6 Å². The number of rotatable bonds is 4. The number of anilines is 2. The van der Waals surface area contributed by atoms with Gasteiger partial charge in [-0.1, -0.05) is 11.6 Å². The maximum Gasteiger partial charge on any atom is 0.257 e. The molecule has 0 radical (unpaired) electrons. The predicted octanol–water partition coefficient (Wildman–Crippen LogP) is 4.69. The zero-order valence-electron chi connectivity index (χ0n) is 14.3. The van der Waals surface area contributed by atoms with E-state index < -0.39 is 17.6 Å². The minimum atomic E-state index is -0.493. The van der Waals surface area contributed by atoms with Crippen LogP contribution in [0.4, 0.5) is 15.8 Å². The van der Waals surface area contributed by atoms with Crippen LogP contribution in [0.25, 0.3) is 0 Å². The van der Waals surface area contributed by atoms with Crippen molar-refractivity contribution in [2.24, 2.45) is 0 Å². The van der Waals surface area contributed by atoms with Crippen molar-refractivity contribution in [3.05, 3.63) is 88.5 Å². The van der Waals surface area contributed by atoms with Crippen molar-refractivity contribution in [1.82, 2.24) is 4.98 Å². The monoisotopic (exact) mass is 383 g/mol. The number of carbonyl (C=O) groups excluding carboxylic acids is 2. The third-order valence-corrected chi connectivity index (χ3v) is 4.02. The Hall–Kier alpha value is -3.25. The maximum atomic E-state index is 13.5. The summed E-state index contributed by atoms with van der Waals surface area (Å²) in [6.45, 7) is 1.70. The molecule has 1 aromatic heterocycles. The molecular weight excluding hydrogens is 369 g/mol. The van der Waals surface area contributed by atoms with E-state index in [-0.39, 0.29) is 16.1 Å². The Kier molecular flexibility index (Phi) is 5.47. The highest BCUT2D eigenvalue weighted by Gasteiger charge is 2.14. The van der Waals surface area contributed by atoms with Gasteiger partial charge in [-0.3, -0.25) is 14.6 Å². The van der Waals surface area contributed by atoms with Gasteiger partial charge in [-0.05, 0) is 61.0 Å². The standard InChI is InChI=1S/C20H15ClFN3O2/c1-12-7-13(9-14(22)8-12)19(26)24-15-4-5-18(21)17(10-15)20(27)25-16-3-2-6-23-11-16/h2-11H,1H3,(H,24,26)(H,25,27). The molecule has 3 aromatic rings. The summed E-state index contributed by atoms with van der Waals surface area (Å²) in [5, 5.41) is 5.55. The van der Waals surface area contributed by atoms with Crippen LogP contribution in [0.2, 0.25) is 5.02 Å². The Morgan fingerprint density at radius 2 is 1.78 bits per heavy atom. The third kappa shape index (κ3) is 4.68. The molecule has 5 nitrogen and oxygen atoms in total. The van der Waals surface area contributed by atoms with Crippen molar-refractivity contribution in [3.8, 4) is 0 Å². The van der Waals surface area contributed by atoms with E-state index in [9.17, 15) is 14.0 Å². The topological polar surface area (TPSA) is 71.1 Å². The van der Waals surface area contributed by atoms with E-state index in [0.717, 1.165) is 6.07 Å². The highest BCUT2D eigenvalue weighted by atomic mass is 35.5. The normalized spacial score (nSPS) is 10.3. The summed E-state index contributed by atoms with van der Waals surface area (Å²) in [5.74, 6) is -1.42. The summed E-state index contributed by atoms with van der Waals surface area (Å²) >= 11 is 6.11. The van der Waals surface area contributed by atoms with E-state index in [1.165, 1.54) is 24.4 Å². The number of amides is 2. The number of benzene rings is 2. The molecule has 0 bridgehead atoms. The van der Waals surface area contributed by atoms with Gasteiger partial charge in [-0.15, -0.1) is 0 Å². The average Bonchev–Trinajstić information content (AvgIpc) is 2.63. The molecule has 0 aliphatic rings. The smallest absolute Gasteiger partial charge is 0.257 e. The molecule has 3 rings (SSSR count). The number of pyridine rings is 1. The number of hydrogen-bond acceptors (Lipinski definition) is 3. The Morgan fingerprint density at radius 3 is 2.48 bits per heavy atom.